The lowest BCUT2D eigenvalue weighted by Gasteiger charge is -2.19. The Morgan fingerprint density at radius 1 is 1.37 bits per heavy atom. The van der Waals surface area contributed by atoms with Crippen molar-refractivity contribution in [3.63, 3.8) is 0 Å². The van der Waals surface area contributed by atoms with E-state index < -0.39 is 12.0 Å². The number of amides is 1. The van der Waals surface area contributed by atoms with Crippen LogP contribution in [-0.4, -0.2) is 44.0 Å². The second-order valence-corrected chi connectivity index (χ2v) is 4.39. The second kappa shape index (κ2) is 6.08. The maximum absolute atomic E-state index is 11.7. The molecular weight excluding hydrogens is 246 g/mol. The van der Waals surface area contributed by atoms with Crippen LogP contribution in [0, 0.1) is 0 Å². The number of rotatable bonds is 4. The van der Waals surface area contributed by atoms with Crippen molar-refractivity contribution in [1.29, 1.82) is 0 Å². The predicted molar refractivity (Wildman–Crippen MR) is 74.0 cm³/mol. The monoisotopic (exact) mass is 265 g/mol. The zero-order chi connectivity index (χ0) is 14.6. The molecular formula is C13H19N3O3. The summed E-state index contributed by atoms with van der Waals surface area (Å²) in [5.41, 5.74) is 6.95. The summed E-state index contributed by atoms with van der Waals surface area (Å²) in [7, 11) is 4.66. The zero-order valence-electron chi connectivity index (χ0n) is 11.6. The Labute approximate surface area is 112 Å². The lowest BCUT2D eigenvalue weighted by molar-refractivity contribution is -0.129. The number of carbonyl (C=O) groups excluding carboxylic acids is 2. The van der Waals surface area contributed by atoms with Gasteiger partial charge in [0.15, 0.2) is 0 Å². The fourth-order valence-corrected chi connectivity index (χ4v) is 1.63. The van der Waals surface area contributed by atoms with Gasteiger partial charge in [0, 0.05) is 25.5 Å². The number of ether oxygens (including phenoxy) is 1. The van der Waals surface area contributed by atoms with Gasteiger partial charge in [0.1, 0.15) is 6.04 Å². The number of methoxy groups -OCH3 is 1. The summed E-state index contributed by atoms with van der Waals surface area (Å²) in [5.74, 6) is -0.566. The van der Waals surface area contributed by atoms with E-state index in [-0.39, 0.29) is 11.5 Å². The Bertz CT molecular complexity index is 486. The van der Waals surface area contributed by atoms with Crippen LogP contribution in [0.25, 0.3) is 0 Å². The smallest absolute Gasteiger partial charge is 0.340 e. The maximum Gasteiger partial charge on any atom is 0.340 e. The van der Waals surface area contributed by atoms with Crippen LogP contribution in [-0.2, 0) is 9.53 Å². The van der Waals surface area contributed by atoms with Crippen LogP contribution in [0.3, 0.4) is 0 Å². The van der Waals surface area contributed by atoms with E-state index in [1.165, 1.54) is 12.0 Å². The fourth-order valence-electron chi connectivity index (χ4n) is 1.63. The molecule has 0 aromatic heterocycles. The summed E-state index contributed by atoms with van der Waals surface area (Å²) in [6.45, 7) is 1.75. The van der Waals surface area contributed by atoms with Crippen LogP contribution < -0.4 is 11.1 Å². The van der Waals surface area contributed by atoms with E-state index in [9.17, 15) is 9.59 Å². The molecule has 3 N–H and O–H groups in total. The molecule has 6 nitrogen and oxygen atoms in total. The second-order valence-electron chi connectivity index (χ2n) is 4.39. The molecule has 19 heavy (non-hydrogen) atoms. The first-order valence-corrected chi connectivity index (χ1v) is 5.82. The first kappa shape index (κ1) is 14.8. The highest BCUT2D eigenvalue weighted by atomic mass is 16.5. The number of nitrogens with zero attached hydrogens (tertiary/aromatic N) is 1. The van der Waals surface area contributed by atoms with Crippen LogP contribution in [0.15, 0.2) is 18.2 Å². The number of nitrogen functional groups attached to an aromatic ring is 1. The molecule has 0 aliphatic carbocycles. The highest BCUT2D eigenvalue weighted by molar-refractivity contribution is 5.96. The molecule has 0 saturated heterocycles. The van der Waals surface area contributed by atoms with Gasteiger partial charge in [-0.05, 0) is 25.1 Å². The lowest BCUT2D eigenvalue weighted by Crippen LogP contribution is -2.36. The maximum atomic E-state index is 11.7. The standard InChI is InChI=1S/C13H19N3O3/c1-8(12(17)16(2)3)15-9-5-6-11(14)10(7-9)13(18)19-4/h5-8,15H,14H2,1-4H3. The van der Waals surface area contributed by atoms with Crippen LogP contribution in [0.2, 0.25) is 0 Å². The Morgan fingerprint density at radius 2 is 2.00 bits per heavy atom. The van der Waals surface area contributed by atoms with Gasteiger partial charge in [-0.25, -0.2) is 4.79 Å². The largest absolute Gasteiger partial charge is 0.465 e. The minimum absolute atomic E-state index is 0.0588. The number of hydrogen-bond acceptors (Lipinski definition) is 5. The fraction of sp³-hybridized carbons (Fsp3) is 0.385. The van der Waals surface area contributed by atoms with Crippen molar-refractivity contribution in [2.75, 3.05) is 32.3 Å². The third-order valence-corrected chi connectivity index (χ3v) is 2.65. The predicted octanol–water partition coefficient (Wildman–Crippen LogP) is 0.944. The Balaban J connectivity index is 2.91. The molecule has 0 heterocycles. The number of hydrogen-bond donors (Lipinski definition) is 2. The van der Waals surface area contributed by atoms with Crippen LogP contribution in [0.1, 0.15) is 17.3 Å². The minimum Gasteiger partial charge on any atom is -0.465 e. The Hall–Kier alpha value is -2.24. The van der Waals surface area contributed by atoms with E-state index in [1.54, 1.807) is 39.2 Å². The third-order valence-electron chi connectivity index (χ3n) is 2.65. The lowest BCUT2D eigenvalue weighted by atomic mass is 10.1. The quantitative estimate of drug-likeness (QED) is 0.625. The van der Waals surface area contributed by atoms with Gasteiger partial charge < -0.3 is 20.7 Å². The molecule has 6 heteroatoms. The van der Waals surface area contributed by atoms with Crippen molar-refractivity contribution in [2.24, 2.45) is 0 Å². The molecule has 1 amide bonds. The molecule has 104 valence electrons. The summed E-state index contributed by atoms with van der Waals surface area (Å²) in [6.07, 6.45) is 0. The van der Waals surface area contributed by atoms with E-state index in [1.807, 2.05) is 0 Å². The molecule has 0 spiro atoms. The van der Waals surface area contributed by atoms with Crippen molar-refractivity contribution in [3.05, 3.63) is 23.8 Å². The average molecular weight is 265 g/mol. The first-order valence-electron chi connectivity index (χ1n) is 5.82. The average Bonchev–Trinajstić information content (AvgIpc) is 2.38. The molecule has 1 unspecified atom stereocenters. The Kier molecular flexibility index (Phi) is 4.74. The van der Waals surface area contributed by atoms with Gasteiger partial charge in [0.2, 0.25) is 5.91 Å². The number of anilines is 2. The van der Waals surface area contributed by atoms with Crippen LogP contribution in [0.4, 0.5) is 11.4 Å². The highest BCUT2D eigenvalue weighted by Gasteiger charge is 2.16. The molecule has 0 aliphatic heterocycles. The van der Waals surface area contributed by atoms with Crippen LogP contribution >= 0.6 is 0 Å². The molecule has 0 saturated carbocycles. The van der Waals surface area contributed by atoms with E-state index in [0.29, 0.717) is 11.4 Å². The van der Waals surface area contributed by atoms with E-state index in [0.717, 1.165) is 0 Å². The van der Waals surface area contributed by atoms with Crippen molar-refractivity contribution >= 4 is 23.3 Å². The van der Waals surface area contributed by atoms with Gasteiger partial charge in [-0.1, -0.05) is 0 Å². The number of nitrogens with one attached hydrogen (secondary N) is 1. The van der Waals surface area contributed by atoms with Gasteiger partial charge in [0.25, 0.3) is 0 Å². The molecule has 0 radical (unpaired) electrons. The summed E-state index contributed by atoms with van der Waals surface area (Å²) in [5, 5.41) is 3.02. The molecule has 0 fully saturated rings. The summed E-state index contributed by atoms with van der Waals surface area (Å²) >= 11 is 0. The van der Waals surface area contributed by atoms with E-state index in [4.69, 9.17) is 5.73 Å². The van der Waals surface area contributed by atoms with E-state index in [2.05, 4.69) is 10.1 Å². The van der Waals surface area contributed by atoms with Gasteiger partial charge in [-0.15, -0.1) is 0 Å². The van der Waals surface area contributed by atoms with E-state index >= 15 is 0 Å². The number of carbonyl (C=O) groups is 2. The zero-order valence-corrected chi connectivity index (χ0v) is 11.6. The Morgan fingerprint density at radius 3 is 2.53 bits per heavy atom. The number of benzene rings is 1. The van der Waals surface area contributed by atoms with Gasteiger partial charge in [-0.3, -0.25) is 4.79 Å². The summed E-state index contributed by atoms with van der Waals surface area (Å²) in [6, 6.07) is 4.48. The number of esters is 1. The SMILES string of the molecule is COC(=O)c1cc(NC(C)C(=O)N(C)C)ccc1N. The van der Waals surface area contributed by atoms with Crippen molar-refractivity contribution in [3.8, 4) is 0 Å². The van der Waals surface area contributed by atoms with Gasteiger partial charge in [0.05, 0.1) is 12.7 Å². The molecule has 1 atom stereocenters. The van der Waals surface area contributed by atoms with Gasteiger partial charge >= 0.3 is 5.97 Å². The van der Waals surface area contributed by atoms with Gasteiger partial charge in [-0.2, -0.15) is 0 Å². The topological polar surface area (TPSA) is 84.7 Å². The molecule has 0 aliphatic rings. The third kappa shape index (κ3) is 3.61. The number of nitrogens with two attached hydrogens (primary N) is 1. The number of likely N-dealkylation sites (N-methyl/N-ethyl adjacent to an activating group) is 1. The highest BCUT2D eigenvalue weighted by Crippen LogP contribution is 2.19. The first-order chi connectivity index (χ1) is 8.86. The van der Waals surface area contributed by atoms with Crippen molar-refractivity contribution < 1.29 is 14.3 Å². The van der Waals surface area contributed by atoms with Crippen LogP contribution in [0.5, 0.6) is 0 Å². The molecule has 0 bridgehead atoms. The summed E-state index contributed by atoms with van der Waals surface area (Å²) < 4.78 is 4.64. The molecule has 1 aromatic carbocycles. The van der Waals surface area contributed by atoms with Crippen molar-refractivity contribution in [2.45, 2.75) is 13.0 Å². The molecule has 1 rings (SSSR count). The molecule has 1 aromatic rings. The summed E-state index contributed by atoms with van der Waals surface area (Å²) in [4.78, 5) is 24.7. The normalized spacial score (nSPS) is 11.6. The minimum atomic E-state index is -0.507. The van der Waals surface area contributed by atoms with Crippen molar-refractivity contribution in [1.82, 2.24) is 4.90 Å².